The number of carbonyl (C=O) groups excluding carboxylic acids is 1. The van der Waals surface area contributed by atoms with Gasteiger partial charge >= 0.3 is 0 Å². The van der Waals surface area contributed by atoms with Crippen LogP contribution in [0.3, 0.4) is 0 Å². The summed E-state index contributed by atoms with van der Waals surface area (Å²) in [6.45, 7) is 3.37. The summed E-state index contributed by atoms with van der Waals surface area (Å²) >= 11 is 0. The predicted octanol–water partition coefficient (Wildman–Crippen LogP) is 2.56. The van der Waals surface area contributed by atoms with Gasteiger partial charge in [0.15, 0.2) is 0 Å². The van der Waals surface area contributed by atoms with E-state index >= 15 is 0 Å². The van der Waals surface area contributed by atoms with Gasteiger partial charge in [0.05, 0.1) is 6.10 Å². The summed E-state index contributed by atoms with van der Waals surface area (Å²) in [5, 5.41) is 0. The van der Waals surface area contributed by atoms with Crippen molar-refractivity contribution in [2.24, 2.45) is 11.8 Å². The maximum absolute atomic E-state index is 13.5. The number of aryl methyl sites for hydroxylation is 1. The first-order valence-electron chi connectivity index (χ1n) is 8.65. The molecule has 0 aromatic heterocycles. The van der Waals surface area contributed by atoms with Gasteiger partial charge in [0.2, 0.25) is 0 Å². The van der Waals surface area contributed by atoms with Crippen LogP contribution in [0.5, 0.6) is 0 Å². The normalized spacial score (nSPS) is 29.8. The Kier molecular flexibility index (Phi) is 4.92. The fourth-order valence-electron chi connectivity index (χ4n) is 4.35. The van der Waals surface area contributed by atoms with E-state index in [0.717, 1.165) is 31.5 Å². The van der Waals surface area contributed by atoms with Crippen molar-refractivity contribution in [3.8, 4) is 0 Å². The minimum atomic E-state index is -0.354. The zero-order valence-electron chi connectivity index (χ0n) is 15.0. The van der Waals surface area contributed by atoms with Gasteiger partial charge in [-0.15, -0.1) is 0 Å². The van der Waals surface area contributed by atoms with E-state index in [2.05, 4.69) is 19.0 Å². The molecule has 2 fully saturated rings. The van der Waals surface area contributed by atoms with Crippen molar-refractivity contribution in [1.82, 2.24) is 9.80 Å². The molecule has 2 aliphatic rings. The number of hydrogen-bond donors (Lipinski definition) is 0. The van der Waals surface area contributed by atoms with E-state index in [4.69, 9.17) is 4.74 Å². The number of halogens is 1. The number of benzene rings is 1. The van der Waals surface area contributed by atoms with Crippen LogP contribution in [-0.2, 0) is 4.74 Å². The molecular weight excluding hydrogens is 307 g/mol. The SMILES string of the molecule is CO[C@@H]1C[C@H]2CN(C(=O)c3cc(F)ccc3C)C[C@H]2C[C@H]1N(C)C. The van der Waals surface area contributed by atoms with Gasteiger partial charge in [0.1, 0.15) is 5.82 Å². The predicted molar refractivity (Wildman–Crippen MR) is 91.5 cm³/mol. The first-order chi connectivity index (χ1) is 11.4. The lowest BCUT2D eigenvalue weighted by atomic mass is 9.77. The molecule has 0 unspecified atom stereocenters. The Morgan fingerprint density at radius 3 is 2.54 bits per heavy atom. The molecule has 1 aliphatic heterocycles. The molecule has 4 nitrogen and oxygen atoms in total. The number of fused-ring (bicyclic) bond motifs is 1. The zero-order valence-corrected chi connectivity index (χ0v) is 15.0. The summed E-state index contributed by atoms with van der Waals surface area (Å²) in [6, 6.07) is 4.83. The maximum Gasteiger partial charge on any atom is 0.254 e. The molecule has 1 saturated carbocycles. The van der Waals surface area contributed by atoms with Crippen molar-refractivity contribution in [1.29, 1.82) is 0 Å². The highest BCUT2D eigenvalue weighted by molar-refractivity contribution is 5.95. The molecule has 1 amide bonds. The Morgan fingerprint density at radius 1 is 1.25 bits per heavy atom. The van der Waals surface area contributed by atoms with Gasteiger partial charge in [0.25, 0.3) is 5.91 Å². The second kappa shape index (κ2) is 6.81. The Bertz CT molecular complexity index is 619. The summed E-state index contributed by atoms with van der Waals surface area (Å²) in [5.74, 6) is 0.579. The van der Waals surface area contributed by atoms with Crippen molar-refractivity contribution in [3.05, 3.63) is 35.1 Å². The molecule has 1 saturated heterocycles. The Morgan fingerprint density at radius 2 is 1.92 bits per heavy atom. The summed E-state index contributed by atoms with van der Waals surface area (Å²) in [4.78, 5) is 17.0. The van der Waals surface area contributed by atoms with Gasteiger partial charge in [-0.25, -0.2) is 4.39 Å². The molecule has 0 bridgehead atoms. The molecule has 0 radical (unpaired) electrons. The van der Waals surface area contributed by atoms with Crippen LogP contribution in [0.15, 0.2) is 18.2 Å². The summed E-state index contributed by atoms with van der Waals surface area (Å²) in [7, 11) is 5.95. The smallest absolute Gasteiger partial charge is 0.254 e. The molecule has 0 spiro atoms. The van der Waals surface area contributed by atoms with Crippen molar-refractivity contribution >= 4 is 5.91 Å². The number of amides is 1. The highest BCUT2D eigenvalue weighted by Gasteiger charge is 2.44. The largest absolute Gasteiger partial charge is 0.380 e. The molecule has 4 atom stereocenters. The van der Waals surface area contributed by atoms with Gasteiger partial charge in [-0.3, -0.25) is 4.79 Å². The first-order valence-corrected chi connectivity index (χ1v) is 8.65. The van der Waals surface area contributed by atoms with E-state index in [0.29, 0.717) is 23.4 Å². The van der Waals surface area contributed by atoms with Gasteiger partial charge in [0, 0.05) is 31.8 Å². The summed E-state index contributed by atoms with van der Waals surface area (Å²) in [6.07, 6.45) is 2.24. The molecule has 24 heavy (non-hydrogen) atoms. The third kappa shape index (κ3) is 3.20. The van der Waals surface area contributed by atoms with Crippen molar-refractivity contribution < 1.29 is 13.9 Å². The van der Waals surface area contributed by atoms with Crippen molar-refractivity contribution in [2.75, 3.05) is 34.3 Å². The monoisotopic (exact) mass is 334 g/mol. The lowest BCUT2D eigenvalue weighted by Gasteiger charge is -2.40. The molecule has 132 valence electrons. The third-order valence-corrected chi connectivity index (χ3v) is 5.77. The summed E-state index contributed by atoms with van der Waals surface area (Å²) < 4.78 is 19.2. The van der Waals surface area contributed by atoms with E-state index < -0.39 is 0 Å². The highest BCUT2D eigenvalue weighted by Crippen LogP contribution is 2.39. The van der Waals surface area contributed by atoms with Crippen LogP contribution in [0.4, 0.5) is 4.39 Å². The Labute approximate surface area is 143 Å². The van der Waals surface area contributed by atoms with Crippen LogP contribution in [0, 0.1) is 24.6 Å². The molecule has 0 N–H and O–H groups in total. The van der Waals surface area contributed by atoms with E-state index in [9.17, 15) is 9.18 Å². The lowest BCUT2D eigenvalue weighted by molar-refractivity contribution is -0.0209. The number of methoxy groups -OCH3 is 1. The molecular formula is C19H27FN2O2. The molecule has 1 aromatic rings. The van der Waals surface area contributed by atoms with Crippen LogP contribution in [0.25, 0.3) is 0 Å². The molecule has 1 aliphatic carbocycles. The zero-order chi connectivity index (χ0) is 17.4. The number of nitrogens with zero attached hydrogens (tertiary/aromatic N) is 2. The molecule has 5 heteroatoms. The minimum Gasteiger partial charge on any atom is -0.380 e. The fraction of sp³-hybridized carbons (Fsp3) is 0.632. The van der Waals surface area contributed by atoms with Crippen molar-refractivity contribution in [2.45, 2.75) is 31.9 Å². The van der Waals surface area contributed by atoms with Gasteiger partial charge in [-0.1, -0.05) is 6.07 Å². The number of hydrogen-bond acceptors (Lipinski definition) is 3. The Balaban J connectivity index is 1.75. The topological polar surface area (TPSA) is 32.8 Å². The van der Waals surface area contributed by atoms with Gasteiger partial charge in [-0.2, -0.15) is 0 Å². The van der Waals surface area contributed by atoms with Crippen LogP contribution in [0.1, 0.15) is 28.8 Å². The van der Waals surface area contributed by atoms with Crippen LogP contribution < -0.4 is 0 Å². The van der Waals surface area contributed by atoms with Gasteiger partial charge in [-0.05, 0) is 63.4 Å². The number of ether oxygens (including phenoxy) is 1. The minimum absolute atomic E-state index is 0.0447. The van der Waals surface area contributed by atoms with E-state index in [-0.39, 0.29) is 17.8 Å². The quantitative estimate of drug-likeness (QED) is 0.852. The average Bonchev–Trinajstić information content (AvgIpc) is 2.97. The van der Waals surface area contributed by atoms with E-state index in [1.54, 1.807) is 13.2 Å². The average molecular weight is 334 g/mol. The van der Waals surface area contributed by atoms with Gasteiger partial charge < -0.3 is 14.5 Å². The fourth-order valence-corrected chi connectivity index (χ4v) is 4.35. The van der Waals surface area contributed by atoms with Crippen molar-refractivity contribution in [3.63, 3.8) is 0 Å². The molecule has 3 rings (SSSR count). The highest BCUT2D eigenvalue weighted by atomic mass is 19.1. The second-order valence-corrected chi connectivity index (χ2v) is 7.47. The Hall–Kier alpha value is -1.46. The lowest BCUT2D eigenvalue weighted by Crippen LogP contribution is -2.47. The summed E-state index contributed by atoms with van der Waals surface area (Å²) in [5.41, 5.74) is 1.32. The maximum atomic E-state index is 13.5. The second-order valence-electron chi connectivity index (χ2n) is 7.47. The van der Waals surface area contributed by atoms with Crippen LogP contribution >= 0.6 is 0 Å². The van der Waals surface area contributed by atoms with E-state index in [1.807, 2.05) is 11.8 Å². The number of carbonyl (C=O) groups is 1. The van der Waals surface area contributed by atoms with Crippen LogP contribution in [-0.4, -0.2) is 62.1 Å². The molecule has 1 heterocycles. The standard InChI is InChI=1S/C19H27FN2O2/c1-12-5-6-15(20)9-16(12)19(23)22-10-13-7-17(21(2)3)18(24-4)8-14(13)11-22/h5-6,9,13-14,17-18H,7-8,10-11H2,1-4H3/t13-,14+,17-,18-/m1/s1. The number of rotatable bonds is 3. The third-order valence-electron chi connectivity index (χ3n) is 5.77. The molecule has 1 aromatic carbocycles. The number of likely N-dealkylation sites (N-methyl/N-ethyl adjacent to an activating group) is 1. The van der Waals surface area contributed by atoms with Crippen LogP contribution in [0.2, 0.25) is 0 Å². The first kappa shape index (κ1) is 17.4. The number of likely N-dealkylation sites (tertiary alicyclic amines) is 1. The van der Waals surface area contributed by atoms with E-state index in [1.165, 1.54) is 12.1 Å².